The number of hydrogen-bond acceptors (Lipinski definition) is 4. The molecule has 1 atom stereocenters. The molecule has 2 aliphatic rings. The zero-order valence-electron chi connectivity index (χ0n) is 21.3. The number of benzene rings is 4. The van der Waals surface area contributed by atoms with Crippen LogP contribution in [0.15, 0.2) is 112 Å². The molecular formula is C33H24N2O4. The molecule has 1 unspecified atom stereocenters. The zero-order chi connectivity index (χ0) is 26.7. The summed E-state index contributed by atoms with van der Waals surface area (Å²) < 4.78 is 6.16. The Morgan fingerprint density at radius 2 is 1.38 bits per heavy atom. The maximum atomic E-state index is 14.8. The quantitative estimate of drug-likeness (QED) is 0.317. The van der Waals surface area contributed by atoms with Crippen LogP contribution in [0.5, 0.6) is 0 Å². The lowest BCUT2D eigenvalue weighted by molar-refractivity contribution is -0.126. The van der Waals surface area contributed by atoms with Gasteiger partial charge in [-0.3, -0.25) is 14.4 Å². The first-order chi connectivity index (χ1) is 19.0. The van der Waals surface area contributed by atoms with E-state index in [0.29, 0.717) is 28.8 Å². The van der Waals surface area contributed by atoms with Gasteiger partial charge in [-0.25, -0.2) is 0 Å². The lowest BCUT2D eigenvalue weighted by Crippen LogP contribution is -2.52. The van der Waals surface area contributed by atoms with Gasteiger partial charge in [-0.15, -0.1) is 0 Å². The van der Waals surface area contributed by atoms with Crippen molar-refractivity contribution in [2.75, 3.05) is 4.90 Å². The molecule has 6 nitrogen and oxygen atoms in total. The average Bonchev–Trinajstić information content (AvgIpc) is 3.35. The van der Waals surface area contributed by atoms with Crippen LogP contribution < -0.4 is 10.3 Å². The van der Waals surface area contributed by atoms with Crippen LogP contribution in [0.1, 0.15) is 38.4 Å². The van der Waals surface area contributed by atoms with Gasteiger partial charge in [0, 0.05) is 12.1 Å². The summed E-state index contributed by atoms with van der Waals surface area (Å²) in [5, 5.41) is 0.356. The van der Waals surface area contributed by atoms with Crippen LogP contribution >= 0.6 is 0 Å². The monoisotopic (exact) mass is 512 g/mol. The van der Waals surface area contributed by atoms with E-state index >= 15 is 0 Å². The SMILES string of the molecule is Cc1ccc2oc3c(c(=O)c2c1)C1(C(=O)N(Cc2ccccc2)c2ccccc21)N(Cc1ccccc1)C3=O. The normalized spacial score (nSPS) is 17.8. The molecule has 2 aliphatic heterocycles. The number of anilines is 1. The highest BCUT2D eigenvalue weighted by Crippen LogP contribution is 2.53. The number of rotatable bonds is 4. The minimum absolute atomic E-state index is 0.0722. The van der Waals surface area contributed by atoms with Crippen molar-refractivity contribution in [2.45, 2.75) is 25.6 Å². The highest BCUT2D eigenvalue weighted by molar-refractivity contribution is 6.17. The van der Waals surface area contributed by atoms with Crippen LogP contribution in [-0.4, -0.2) is 16.7 Å². The molecule has 6 heteroatoms. The van der Waals surface area contributed by atoms with Crippen LogP contribution in [0.2, 0.25) is 0 Å². The van der Waals surface area contributed by atoms with E-state index in [9.17, 15) is 14.4 Å². The predicted octanol–water partition coefficient (Wildman–Crippen LogP) is 5.55. The molecule has 0 saturated heterocycles. The summed E-state index contributed by atoms with van der Waals surface area (Å²) >= 11 is 0. The molecular weight excluding hydrogens is 488 g/mol. The number of para-hydroxylation sites is 1. The van der Waals surface area contributed by atoms with Gasteiger partial charge in [-0.1, -0.05) is 90.5 Å². The molecule has 0 fully saturated rings. The number of amides is 2. The van der Waals surface area contributed by atoms with Crippen molar-refractivity contribution >= 4 is 28.5 Å². The van der Waals surface area contributed by atoms with Gasteiger partial charge in [0.1, 0.15) is 5.58 Å². The van der Waals surface area contributed by atoms with Gasteiger partial charge in [0.2, 0.25) is 5.76 Å². The second-order valence-corrected chi connectivity index (χ2v) is 10.1. The Morgan fingerprint density at radius 3 is 2.10 bits per heavy atom. The van der Waals surface area contributed by atoms with E-state index in [2.05, 4.69) is 0 Å². The van der Waals surface area contributed by atoms with Gasteiger partial charge < -0.3 is 14.2 Å². The molecule has 5 aromatic rings. The first kappa shape index (κ1) is 23.2. The number of fused-ring (bicyclic) bond motifs is 5. The van der Waals surface area contributed by atoms with E-state index < -0.39 is 11.4 Å². The molecule has 0 aliphatic carbocycles. The molecule has 4 aromatic carbocycles. The fraction of sp³-hybridized carbons (Fsp3) is 0.121. The number of aryl methyl sites for hydroxylation is 1. The van der Waals surface area contributed by atoms with Gasteiger partial charge >= 0.3 is 0 Å². The molecule has 7 rings (SSSR count). The van der Waals surface area contributed by atoms with E-state index in [1.165, 1.54) is 4.90 Å². The molecule has 1 aromatic heterocycles. The summed E-state index contributed by atoms with van der Waals surface area (Å²) in [6, 6.07) is 31.9. The van der Waals surface area contributed by atoms with Crippen LogP contribution in [0.3, 0.4) is 0 Å². The third kappa shape index (κ3) is 3.24. The second-order valence-electron chi connectivity index (χ2n) is 10.1. The summed E-state index contributed by atoms with van der Waals surface area (Å²) in [4.78, 5) is 46.5. The summed E-state index contributed by atoms with van der Waals surface area (Å²) in [5.74, 6) is -0.884. The average molecular weight is 513 g/mol. The summed E-state index contributed by atoms with van der Waals surface area (Å²) in [6.07, 6.45) is 0. The molecule has 0 radical (unpaired) electrons. The Morgan fingerprint density at radius 1 is 0.744 bits per heavy atom. The van der Waals surface area contributed by atoms with Crippen molar-refractivity contribution in [3.63, 3.8) is 0 Å². The maximum absolute atomic E-state index is 14.8. The minimum atomic E-state index is -1.65. The van der Waals surface area contributed by atoms with E-state index in [4.69, 9.17) is 4.42 Å². The molecule has 3 heterocycles. The zero-order valence-corrected chi connectivity index (χ0v) is 21.3. The van der Waals surface area contributed by atoms with Crippen molar-refractivity contribution in [1.29, 1.82) is 0 Å². The third-order valence-electron chi connectivity index (χ3n) is 7.76. The van der Waals surface area contributed by atoms with Crippen LogP contribution in [0.25, 0.3) is 11.0 Å². The van der Waals surface area contributed by atoms with Crippen molar-refractivity contribution in [1.82, 2.24) is 4.90 Å². The topological polar surface area (TPSA) is 70.8 Å². The van der Waals surface area contributed by atoms with Gasteiger partial charge in [0.15, 0.2) is 11.0 Å². The highest BCUT2D eigenvalue weighted by atomic mass is 16.3. The Kier molecular flexibility index (Phi) is 5.07. The van der Waals surface area contributed by atoms with Crippen LogP contribution in [0.4, 0.5) is 5.69 Å². The third-order valence-corrected chi connectivity index (χ3v) is 7.76. The van der Waals surface area contributed by atoms with Gasteiger partial charge in [0.25, 0.3) is 11.8 Å². The molecule has 0 N–H and O–H groups in total. The minimum Gasteiger partial charge on any atom is -0.450 e. The molecule has 1 spiro atoms. The van der Waals surface area contributed by atoms with Crippen molar-refractivity contribution in [3.8, 4) is 0 Å². The van der Waals surface area contributed by atoms with Gasteiger partial charge in [-0.2, -0.15) is 0 Å². The fourth-order valence-corrected chi connectivity index (χ4v) is 6.01. The first-order valence-electron chi connectivity index (χ1n) is 12.9. The molecule has 0 bridgehead atoms. The van der Waals surface area contributed by atoms with Crippen LogP contribution in [-0.2, 0) is 23.4 Å². The maximum Gasteiger partial charge on any atom is 0.291 e. The molecule has 0 saturated carbocycles. The number of hydrogen-bond donors (Lipinski definition) is 0. The van der Waals surface area contributed by atoms with E-state index in [1.807, 2.05) is 97.9 Å². The number of carbonyl (C=O) groups excluding carboxylic acids is 2. The van der Waals surface area contributed by atoms with Crippen molar-refractivity contribution < 1.29 is 14.0 Å². The molecule has 39 heavy (non-hydrogen) atoms. The van der Waals surface area contributed by atoms with Crippen molar-refractivity contribution in [2.24, 2.45) is 0 Å². The summed E-state index contributed by atoms with van der Waals surface area (Å²) in [6.45, 7) is 2.34. The van der Waals surface area contributed by atoms with Crippen molar-refractivity contribution in [3.05, 3.63) is 147 Å². The molecule has 2 amide bonds. The lowest BCUT2D eigenvalue weighted by atomic mass is 9.83. The van der Waals surface area contributed by atoms with Crippen LogP contribution in [0, 0.1) is 6.92 Å². The molecule has 190 valence electrons. The standard InChI is InChI=1S/C33H24N2O4/c1-21-16-17-27-24(18-21)29(36)28-30(39-27)31(37)35(20-23-12-6-3-7-13-23)33(28)25-14-8-9-15-26(25)34(32(33)38)19-22-10-4-2-5-11-22/h2-18H,19-20H2,1H3. The highest BCUT2D eigenvalue weighted by Gasteiger charge is 2.64. The Hall–Kier alpha value is -4.97. The number of carbonyl (C=O) groups is 2. The lowest BCUT2D eigenvalue weighted by Gasteiger charge is -2.34. The van der Waals surface area contributed by atoms with Gasteiger partial charge in [0.05, 0.1) is 23.2 Å². The van der Waals surface area contributed by atoms with E-state index in [1.54, 1.807) is 17.0 Å². The van der Waals surface area contributed by atoms with Gasteiger partial charge in [-0.05, 0) is 36.2 Å². The number of nitrogens with zero attached hydrogens (tertiary/aromatic N) is 2. The summed E-state index contributed by atoms with van der Waals surface area (Å²) in [7, 11) is 0. The Labute approximate surface area is 224 Å². The first-order valence-corrected chi connectivity index (χ1v) is 12.9. The smallest absolute Gasteiger partial charge is 0.291 e. The fourth-order valence-electron chi connectivity index (χ4n) is 6.01. The van der Waals surface area contributed by atoms with E-state index in [0.717, 1.165) is 16.7 Å². The predicted molar refractivity (Wildman–Crippen MR) is 148 cm³/mol. The second kappa shape index (κ2) is 8.53. The van der Waals surface area contributed by atoms with E-state index in [-0.39, 0.29) is 29.2 Å². The Bertz CT molecular complexity index is 1850. The summed E-state index contributed by atoms with van der Waals surface area (Å²) in [5.41, 5.74) is 2.37. The largest absolute Gasteiger partial charge is 0.450 e. The Balaban J connectivity index is 1.53.